The Hall–Kier alpha value is -5.75. The van der Waals surface area contributed by atoms with Crippen LogP contribution >= 0.6 is 28.3 Å². The van der Waals surface area contributed by atoms with E-state index in [-0.39, 0.29) is 45.8 Å². The summed E-state index contributed by atoms with van der Waals surface area (Å²) in [4.78, 5) is 67.6. The summed E-state index contributed by atoms with van der Waals surface area (Å²) in [5, 5.41) is 16.5. The van der Waals surface area contributed by atoms with Gasteiger partial charge in [-0.25, -0.2) is 0 Å². The topological polar surface area (TPSA) is 216 Å². The molecule has 0 bridgehead atoms. The second kappa shape index (κ2) is 16.6. The number of aryl methyl sites for hydroxylation is 4. The van der Waals surface area contributed by atoms with Crippen molar-refractivity contribution in [2.45, 2.75) is 0 Å². The van der Waals surface area contributed by atoms with E-state index in [0.29, 0.717) is 41.5 Å². The van der Waals surface area contributed by atoms with Gasteiger partial charge in [0.15, 0.2) is 5.96 Å². The van der Waals surface area contributed by atoms with Gasteiger partial charge in [-0.05, 0) is 40.2 Å². The fourth-order valence-electron chi connectivity index (χ4n) is 4.76. The third-order valence-electron chi connectivity index (χ3n) is 7.19. The van der Waals surface area contributed by atoms with Crippen LogP contribution in [0.1, 0.15) is 42.0 Å². The molecule has 0 saturated heterocycles. The fraction of sp³-hybridized carbons (Fsp3) is 0.226. The van der Waals surface area contributed by atoms with Crippen molar-refractivity contribution >= 4 is 86.6 Å². The van der Waals surface area contributed by atoms with Gasteiger partial charge in [-0.3, -0.25) is 29.0 Å². The van der Waals surface area contributed by atoms with Gasteiger partial charge in [0, 0.05) is 73.1 Å². The van der Waals surface area contributed by atoms with Crippen LogP contribution in [0, 0.1) is 0 Å². The maximum absolute atomic E-state index is 13.2. The number of aliphatic imine (C=N–C) groups is 1. The van der Waals surface area contributed by atoms with E-state index in [1.807, 2.05) is 0 Å². The molecule has 4 heterocycles. The minimum Gasteiger partial charge on any atom is -0.370 e. The zero-order chi connectivity index (χ0) is 36.0. The lowest BCUT2D eigenvalue weighted by molar-refractivity contribution is -0.112. The van der Waals surface area contributed by atoms with Crippen molar-refractivity contribution in [1.82, 2.24) is 28.9 Å². The van der Waals surface area contributed by atoms with E-state index in [9.17, 15) is 24.0 Å². The molecule has 0 atom stereocenters. The van der Waals surface area contributed by atoms with E-state index in [1.54, 1.807) is 84.4 Å². The highest BCUT2D eigenvalue weighted by Crippen LogP contribution is 2.21. The summed E-state index contributed by atoms with van der Waals surface area (Å²) in [6.45, 7) is 4.22. The molecule has 4 rings (SSSR count). The number of hydrogen-bond donors (Lipinski definition) is 7. The lowest BCUT2D eigenvalue weighted by Crippen LogP contribution is -2.38. The van der Waals surface area contributed by atoms with E-state index in [0.717, 1.165) is 0 Å². The first-order valence-corrected chi connectivity index (χ1v) is 15.5. The number of carbonyl (C=O) groups is 5. The Morgan fingerprint density at radius 2 is 0.960 bits per heavy atom. The first-order valence-electron chi connectivity index (χ1n) is 14.7. The average Bonchev–Trinajstić information content (AvgIpc) is 3.80. The normalized spacial score (nSPS) is 10.9. The van der Waals surface area contributed by atoms with E-state index in [4.69, 9.17) is 5.73 Å². The van der Waals surface area contributed by atoms with Crippen molar-refractivity contribution < 1.29 is 24.0 Å². The van der Waals surface area contributed by atoms with Gasteiger partial charge >= 0.3 is 0 Å². The van der Waals surface area contributed by atoms with Gasteiger partial charge in [0.25, 0.3) is 29.5 Å². The molecule has 4 aromatic heterocycles. The Bertz CT molecular complexity index is 1990. The van der Waals surface area contributed by atoms with Crippen LogP contribution in [0.2, 0.25) is 0 Å². The van der Waals surface area contributed by atoms with Gasteiger partial charge in [-0.1, -0.05) is 6.58 Å². The third-order valence-corrected chi connectivity index (χ3v) is 7.55. The number of guanidine groups is 1. The molecule has 17 nitrogen and oxygen atoms in total. The summed E-state index contributed by atoms with van der Waals surface area (Å²) in [7, 11) is 8.21. The molecule has 5 amide bonds. The number of nitrogens with two attached hydrogens (primary N) is 1. The van der Waals surface area contributed by atoms with Crippen LogP contribution in [0.4, 0.5) is 22.7 Å². The molecule has 19 heteroatoms. The molecule has 0 aliphatic heterocycles. The van der Waals surface area contributed by atoms with Gasteiger partial charge in [-0.2, -0.15) is 0 Å². The quantitative estimate of drug-likeness (QED) is 0.0493. The van der Waals surface area contributed by atoms with Crippen molar-refractivity contribution in [2.75, 3.05) is 41.4 Å². The monoisotopic (exact) mass is 772 g/mol. The highest BCUT2D eigenvalue weighted by atomic mass is 79.9. The maximum atomic E-state index is 13.2. The molecule has 8 N–H and O–H groups in total. The van der Waals surface area contributed by atoms with Crippen LogP contribution in [0.15, 0.2) is 65.1 Å². The SMILES string of the molecule is C=C(Br)C(=O)Nc1cc(C(=O)Nc2cc(C(=O)Nc3cc(C(=O)Nc4cc(C(=O)NCCNC(N)=NC)n(C)c4)n(C)c3)n(C)c2)n(C)c1.Cl. The Morgan fingerprint density at radius 3 is 1.30 bits per heavy atom. The molecule has 0 unspecified atom stereocenters. The first-order chi connectivity index (χ1) is 23.2. The van der Waals surface area contributed by atoms with Gasteiger partial charge < -0.3 is 55.9 Å². The van der Waals surface area contributed by atoms with Crippen molar-refractivity contribution in [3.63, 3.8) is 0 Å². The number of nitrogens with one attached hydrogen (secondary N) is 6. The molecule has 4 aromatic rings. The Balaban J connectivity index is 0.00000676. The predicted molar refractivity (Wildman–Crippen MR) is 197 cm³/mol. The van der Waals surface area contributed by atoms with Crippen LogP contribution in [0.25, 0.3) is 0 Å². The zero-order valence-electron chi connectivity index (χ0n) is 27.9. The minimum absolute atomic E-state index is 0. The molecule has 0 radical (unpaired) electrons. The molecular weight excluding hydrogens is 736 g/mol. The summed E-state index contributed by atoms with van der Waals surface area (Å²) in [5.74, 6) is -1.89. The van der Waals surface area contributed by atoms with Crippen LogP contribution in [-0.2, 0) is 33.0 Å². The minimum atomic E-state index is -0.474. The molecule has 266 valence electrons. The molecule has 0 aliphatic carbocycles. The summed E-state index contributed by atoms with van der Waals surface area (Å²) in [6, 6.07) is 6.10. The first kappa shape index (κ1) is 38.7. The van der Waals surface area contributed by atoms with Gasteiger partial charge in [0.1, 0.15) is 22.8 Å². The third kappa shape index (κ3) is 9.44. The van der Waals surface area contributed by atoms with Crippen molar-refractivity contribution in [3.05, 3.63) is 82.9 Å². The summed E-state index contributed by atoms with van der Waals surface area (Å²) in [6.07, 6.45) is 6.36. The Morgan fingerprint density at radius 1 is 0.640 bits per heavy atom. The molecule has 0 saturated carbocycles. The van der Waals surface area contributed by atoms with E-state index < -0.39 is 23.6 Å². The fourth-order valence-corrected chi connectivity index (χ4v) is 4.85. The van der Waals surface area contributed by atoms with Crippen molar-refractivity contribution in [1.29, 1.82) is 0 Å². The second-order valence-electron chi connectivity index (χ2n) is 10.9. The zero-order valence-corrected chi connectivity index (χ0v) is 30.3. The number of halogens is 2. The lowest BCUT2D eigenvalue weighted by atomic mass is 10.3. The van der Waals surface area contributed by atoms with Crippen molar-refractivity contribution in [3.8, 4) is 0 Å². The summed E-state index contributed by atoms with van der Waals surface area (Å²) in [5.41, 5.74) is 8.24. The molecule has 0 fully saturated rings. The van der Waals surface area contributed by atoms with Crippen LogP contribution in [0.5, 0.6) is 0 Å². The molecule has 0 aliphatic rings. The van der Waals surface area contributed by atoms with Crippen molar-refractivity contribution in [2.24, 2.45) is 38.9 Å². The summed E-state index contributed by atoms with van der Waals surface area (Å²) < 4.78 is 6.39. The van der Waals surface area contributed by atoms with Crippen LogP contribution in [0.3, 0.4) is 0 Å². The van der Waals surface area contributed by atoms with Crippen LogP contribution < -0.4 is 37.6 Å². The largest absolute Gasteiger partial charge is 0.370 e. The maximum Gasteiger partial charge on any atom is 0.272 e. The second-order valence-corrected chi connectivity index (χ2v) is 11.9. The Labute approximate surface area is 301 Å². The molecule has 0 aromatic carbocycles. The number of nitrogens with zero attached hydrogens (tertiary/aromatic N) is 5. The number of anilines is 4. The number of amides is 5. The number of rotatable bonds is 12. The standard InChI is InChI=1S/C31H37BrN12O5.ClH/c1-17(32)26(45)37-18-10-23(42(4)13-18)28(47)39-20-12-25(44(6)15-20)30(49)40-21-11-24(43(5)16-21)29(48)38-19-9-22(41(3)14-19)27(46)35-7-8-36-31(33)34-2;/h9-16H,1,7-8H2,2-6H3,(H,35,46)(H,37,45)(H,38,48)(H,39,47)(H,40,49)(H3,33,34,36);1H. The average molecular weight is 774 g/mol. The van der Waals surface area contributed by atoms with E-state index in [1.165, 1.54) is 18.2 Å². The Kier molecular flexibility index (Phi) is 12.8. The van der Waals surface area contributed by atoms with E-state index in [2.05, 4.69) is 59.4 Å². The molecular formula is C31H38BrClN12O5. The number of hydrogen-bond acceptors (Lipinski definition) is 6. The van der Waals surface area contributed by atoms with Crippen LogP contribution in [-0.4, -0.2) is 73.9 Å². The number of carbonyl (C=O) groups excluding carboxylic acids is 5. The highest BCUT2D eigenvalue weighted by Gasteiger charge is 2.20. The lowest BCUT2D eigenvalue weighted by Gasteiger charge is -2.07. The van der Waals surface area contributed by atoms with E-state index >= 15 is 0 Å². The molecule has 0 spiro atoms. The summed E-state index contributed by atoms with van der Waals surface area (Å²) >= 11 is 3.01. The van der Waals surface area contributed by atoms with Gasteiger partial charge in [-0.15, -0.1) is 12.4 Å². The smallest absolute Gasteiger partial charge is 0.272 e. The predicted octanol–water partition coefficient (Wildman–Crippen LogP) is 2.33. The molecule has 50 heavy (non-hydrogen) atoms. The van der Waals surface area contributed by atoms with Gasteiger partial charge in [0.05, 0.1) is 27.2 Å². The number of aromatic nitrogens is 4. The highest BCUT2D eigenvalue weighted by molar-refractivity contribution is 9.12. The van der Waals surface area contributed by atoms with Gasteiger partial charge in [0.2, 0.25) is 0 Å².